The summed E-state index contributed by atoms with van der Waals surface area (Å²) in [6, 6.07) is 0. The second-order valence-electron chi connectivity index (χ2n) is 4.86. The van der Waals surface area contributed by atoms with Crippen molar-refractivity contribution < 1.29 is 0 Å². The summed E-state index contributed by atoms with van der Waals surface area (Å²) in [4.78, 5) is 0. The molecule has 0 bridgehead atoms. The van der Waals surface area contributed by atoms with Gasteiger partial charge in [-0.25, -0.2) is 0 Å². The van der Waals surface area contributed by atoms with Crippen molar-refractivity contribution in [1.82, 2.24) is 0 Å². The Bertz CT molecular complexity index is 128. The van der Waals surface area contributed by atoms with Crippen molar-refractivity contribution in [3.8, 4) is 0 Å². The zero-order chi connectivity index (χ0) is 9.83. The van der Waals surface area contributed by atoms with Crippen molar-refractivity contribution in [2.45, 2.75) is 51.6 Å². The molecule has 0 aliphatic rings. The van der Waals surface area contributed by atoms with Gasteiger partial charge >= 0.3 is 0 Å². The zero-order valence-electron chi connectivity index (χ0n) is 8.72. The first-order chi connectivity index (χ1) is 5.21. The fourth-order valence-corrected chi connectivity index (χ4v) is 0.774. The molecule has 2 nitrogen and oxygen atoms in total. The first-order valence-corrected chi connectivity index (χ1v) is 4.43. The molecular formula is C10H22N2. The molecule has 0 radical (unpaired) electrons. The van der Waals surface area contributed by atoms with E-state index in [-0.39, 0.29) is 11.1 Å². The number of hydrogen-bond acceptors (Lipinski definition) is 2. The molecule has 4 N–H and O–H groups in total. The van der Waals surface area contributed by atoms with Gasteiger partial charge in [-0.3, -0.25) is 0 Å². The molecule has 0 atom stereocenters. The van der Waals surface area contributed by atoms with E-state index < -0.39 is 0 Å². The standard InChI is InChI=1S/C10H22N2/c1-9(2,11)7-5-6-8-10(3,4)12/h5-6H,7-8,11-12H2,1-4H3. The van der Waals surface area contributed by atoms with E-state index in [9.17, 15) is 0 Å². The van der Waals surface area contributed by atoms with E-state index in [4.69, 9.17) is 11.5 Å². The van der Waals surface area contributed by atoms with Crippen LogP contribution in [0.4, 0.5) is 0 Å². The molecule has 0 unspecified atom stereocenters. The van der Waals surface area contributed by atoms with Crippen LogP contribution in [-0.4, -0.2) is 11.1 Å². The van der Waals surface area contributed by atoms with Crippen LogP contribution in [-0.2, 0) is 0 Å². The topological polar surface area (TPSA) is 52.0 Å². The van der Waals surface area contributed by atoms with Gasteiger partial charge in [0.2, 0.25) is 0 Å². The highest BCUT2D eigenvalue weighted by molar-refractivity contribution is 4.93. The predicted molar refractivity (Wildman–Crippen MR) is 54.9 cm³/mol. The van der Waals surface area contributed by atoms with Crippen LogP contribution in [0.2, 0.25) is 0 Å². The van der Waals surface area contributed by atoms with E-state index in [1.54, 1.807) is 0 Å². The Kier molecular flexibility index (Phi) is 3.94. The quantitative estimate of drug-likeness (QED) is 0.632. The lowest BCUT2D eigenvalue weighted by Gasteiger charge is -2.17. The molecule has 0 amide bonds. The molecule has 0 fully saturated rings. The minimum absolute atomic E-state index is 0.102. The minimum atomic E-state index is -0.102. The Morgan fingerprint density at radius 1 is 0.833 bits per heavy atom. The molecule has 0 aliphatic carbocycles. The van der Waals surface area contributed by atoms with Crippen LogP contribution >= 0.6 is 0 Å². The van der Waals surface area contributed by atoms with Gasteiger partial charge in [-0.15, -0.1) is 0 Å². The molecule has 0 saturated heterocycles. The summed E-state index contributed by atoms with van der Waals surface area (Å²) >= 11 is 0. The lowest BCUT2D eigenvalue weighted by Crippen LogP contribution is -2.32. The average molecular weight is 170 g/mol. The van der Waals surface area contributed by atoms with Crippen LogP contribution in [0, 0.1) is 0 Å². The minimum Gasteiger partial charge on any atom is -0.325 e. The SMILES string of the molecule is CC(C)(N)CC=CCC(C)(C)N. The van der Waals surface area contributed by atoms with Crippen molar-refractivity contribution in [3.63, 3.8) is 0 Å². The summed E-state index contributed by atoms with van der Waals surface area (Å²) in [6.45, 7) is 8.08. The van der Waals surface area contributed by atoms with Crippen LogP contribution < -0.4 is 11.5 Å². The summed E-state index contributed by atoms with van der Waals surface area (Å²) in [7, 11) is 0. The van der Waals surface area contributed by atoms with Crippen molar-refractivity contribution in [2.75, 3.05) is 0 Å². The second kappa shape index (κ2) is 4.06. The van der Waals surface area contributed by atoms with Crippen molar-refractivity contribution in [1.29, 1.82) is 0 Å². The fourth-order valence-electron chi connectivity index (χ4n) is 0.774. The third kappa shape index (κ3) is 9.66. The highest BCUT2D eigenvalue weighted by Crippen LogP contribution is 2.08. The van der Waals surface area contributed by atoms with Gasteiger partial charge in [0.25, 0.3) is 0 Å². The van der Waals surface area contributed by atoms with Crippen LogP contribution in [0.15, 0.2) is 12.2 Å². The molecule has 0 aliphatic heterocycles. The van der Waals surface area contributed by atoms with E-state index in [2.05, 4.69) is 12.2 Å². The van der Waals surface area contributed by atoms with Crippen molar-refractivity contribution in [2.24, 2.45) is 11.5 Å². The fraction of sp³-hybridized carbons (Fsp3) is 0.800. The molecule has 0 aromatic heterocycles. The predicted octanol–water partition coefficient (Wildman–Crippen LogP) is 1.80. The lowest BCUT2D eigenvalue weighted by atomic mass is 9.99. The van der Waals surface area contributed by atoms with Gasteiger partial charge in [0.1, 0.15) is 0 Å². The summed E-state index contributed by atoms with van der Waals surface area (Å²) in [5.74, 6) is 0. The lowest BCUT2D eigenvalue weighted by molar-refractivity contribution is 0.513. The molecule has 12 heavy (non-hydrogen) atoms. The zero-order valence-corrected chi connectivity index (χ0v) is 8.72. The molecule has 0 rings (SSSR count). The van der Waals surface area contributed by atoms with E-state index >= 15 is 0 Å². The monoisotopic (exact) mass is 170 g/mol. The third-order valence-electron chi connectivity index (χ3n) is 1.45. The molecule has 0 aromatic rings. The molecule has 2 heteroatoms. The smallest absolute Gasteiger partial charge is 0.0132 e. The van der Waals surface area contributed by atoms with Crippen LogP contribution in [0.5, 0.6) is 0 Å². The summed E-state index contributed by atoms with van der Waals surface area (Å²) in [5, 5.41) is 0. The summed E-state index contributed by atoms with van der Waals surface area (Å²) in [5.41, 5.74) is 11.4. The Labute approximate surface area is 76.0 Å². The summed E-state index contributed by atoms with van der Waals surface area (Å²) < 4.78 is 0. The van der Waals surface area contributed by atoms with Gasteiger partial charge in [-0.2, -0.15) is 0 Å². The Hall–Kier alpha value is -0.340. The Morgan fingerprint density at radius 2 is 1.08 bits per heavy atom. The molecule has 0 heterocycles. The maximum atomic E-state index is 5.80. The largest absolute Gasteiger partial charge is 0.325 e. The van der Waals surface area contributed by atoms with E-state index in [0.717, 1.165) is 12.8 Å². The van der Waals surface area contributed by atoms with Gasteiger partial charge in [0, 0.05) is 11.1 Å². The van der Waals surface area contributed by atoms with Crippen LogP contribution in [0.3, 0.4) is 0 Å². The second-order valence-corrected chi connectivity index (χ2v) is 4.86. The van der Waals surface area contributed by atoms with Gasteiger partial charge in [0.15, 0.2) is 0 Å². The maximum Gasteiger partial charge on any atom is 0.0132 e. The number of nitrogens with two attached hydrogens (primary N) is 2. The van der Waals surface area contributed by atoms with Crippen LogP contribution in [0.25, 0.3) is 0 Å². The molecular weight excluding hydrogens is 148 g/mol. The van der Waals surface area contributed by atoms with E-state index in [0.29, 0.717) is 0 Å². The summed E-state index contributed by atoms with van der Waals surface area (Å²) in [6.07, 6.45) is 6.02. The first-order valence-electron chi connectivity index (χ1n) is 4.43. The maximum absolute atomic E-state index is 5.80. The molecule has 0 aromatic carbocycles. The molecule has 0 spiro atoms. The molecule has 0 saturated carbocycles. The van der Waals surface area contributed by atoms with Gasteiger partial charge in [-0.05, 0) is 40.5 Å². The van der Waals surface area contributed by atoms with E-state index in [1.807, 2.05) is 27.7 Å². The van der Waals surface area contributed by atoms with Crippen LogP contribution in [0.1, 0.15) is 40.5 Å². The normalized spacial score (nSPS) is 14.2. The first kappa shape index (κ1) is 11.7. The highest BCUT2D eigenvalue weighted by atomic mass is 14.7. The van der Waals surface area contributed by atoms with Gasteiger partial charge in [-0.1, -0.05) is 12.2 Å². The van der Waals surface area contributed by atoms with Gasteiger partial charge < -0.3 is 11.5 Å². The number of rotatable bonds is 4. The third-order valence-corrected chi connectivity index (χ3v) is 1.45. The van der Waals surface area contributed by atoms with Crippen molar-refractivity contribution >= 4 is 0 Å². The Balaban J connectivity index is 3.66. The van der Waals surface area contributed by atoms with E-state index in [1.165, 1.54) is 0 Å². The van der Waals surface area contributed by atoms with Gasteiger partial charge in [0.05, 0.1) is 0 Å². The Morgan fingerprint density at radius 3 is 1.25 bits per heavy atom. The molecule has 72 valence electrons. The number of hydrogen-bond donors (Lipinski definition) is 2. The average Bonchev–Trinajstić information content (AvgIpc) is 1.76. The highest BCUT2D eigenvalue weighted by Gasteiger charge is 2.09. The van der Waals surface area contributed by atoms with Crippen molar-refractivity contribution in [3.05, 3.63) is 12.2 Å².